The van der Waals surface area contributed by atoms with Crippen LogP contribution >= 0.6 is 0 Å². The van der Waals surface area contributed by atoms with Crippen molar-refractivity contribution in [3.63, 3.8) is 0 Å². The Kier molecular flexibility index (Phi) is 2.94. The highest BCUT2D eigenvalue weighted by Gasteiger charge is 2.34. The molecule has 0 aromatic carbocycles. The van der Waals surface area contributed by atoms with Crippen LogP contribution in [-0.4, -0.2) is 5.78 Å². The fraction of sp³-hybridized carbons (Fsp3) is 0.571. The van der Waals surface area contributed by atoms with Gasteiger partial charge in [0.05, 0.1) is 5.56 Å². The third-order valence-corrected chi connectivity index (χ3v) is 3.19. The second-order valence-corrected chi connectivity index (χ2v) is 5.58. The third kappa shape index (κ3) is 2.33. The molecule has 0 saturated heterocycles. The van der Waals surface area contributed by atoms with Crippen molar-refractivity contribution in [1.82, 2.24) is 0 Å². The lowest BCUT2D eigenvalue weighted by molar-refractivity contribution is 0.0896. The van der Waals surface area contributed by atoms with E-state index in [1.165, 1.54) is 6.07 Å². The predicted molar refractivity (Wildman–Crippen MR) is 65.4 cm³/mol. The predicted octanol–water partition coefficient (Wildman–Crippen LogP) is 2.75. The Morgan fingerprint density at radius 1 is 1.29 bits per heavy atom. The standard InChI is InChI=1S/C14H18O3/c1-4-5-9-6-12(16)17-11-8-14(2,3)7-10(15)13(9)11/h6H,4-5,7-8H2,1-3H3. The van der Waals surface area contributed by atoms with E-state index >= 15 is 0 Å². The van der Waals surface area contributed by atoms with Crippen LogP contribution in [0.4, 0.5) is 0 Å². The average Bonchev–Trinajstić information content (AvgIpc) is 2.13. The Balaban J connectivity index is 2.58. The summed E-state index contributed by atoms with van der Waals surface area (Å²) in [6, 6.07) is 1.47. The molecule has 0 N–H and O–H groups in total. The SMILES string of the molecule is CCCc1cc(=O)oc2c1C(=O)CC(C)(C)C2. The van der Waals surface area contributed by atoms with Crippen molar-refractivity contribution in [1.29, 1.82) is 0 Å². The molecule has 0 aliphatic heterocycles. The molecule has 0 saturated carbocycles. The van der Waals surface area contributed by atoms with Crippen LogP contribution in [0.3, 0.4) is 0 Å². The third-order valence-electron chi connectivity index (χ3n) is 3.19. The van der Waals surface area contributed by atoms with E-state index in [1.54, 1.807) is 0 Å². The number of carbonyl (C=O) groups is 1. The summed E-state index contributed by atoms with van der Waals surface area (Å²) in [6.07, 6.45) is 2.89. The Morgan fingerprint density at radius 2 is 2.00 bits per heavy atom. The van der Waals surface area contributed by atoms with Gasteiger partial charge in [0.1, 0.15) is 5.76 Å². The van der Waals surface area contributed by atoms with Crippen molar-refractivity contribution in [2.45, 2.75) is 46.5 Å². The number of aryl methyl sites for hydroxylation is 1. The minimum Gasteiger partial charge on any atom is -0.427 e. The molecule has 1 heterocycles. The molecule has 0 radical (unpaired) electrons. The smallest absolute Gasteiger partial charge is 0.336 e. The fourth-order valence-electron chi connectivity index (χ4n) is 2.54. The molecule has 1 aliphatic rings. The van der Waals surface area contributed by atoms with Gasteiger partial charge in [0, 0.05) is 18.9 Å². The molecular formula is C14H18O3. The molecule has 3 nitrogen and oxygen atoms in total. The maximum absolute atomic E-state index is 12.1. The summed E-state index contributed by atoms with van der Waals surface area (Å²) in [7, 11) is 0. The summed E-state index contributed by atoms with van der Waals surface area (Å²) in [5.74, 6) is 0.700. The van der Waals surface area contributed by atoms with Gasteiger partial charge in [-0.05, 0) is 17.4 Å². The normalized spacial score (nSPS) is 17.9. The van der Waals surface area contributed by atoms with E-state index in [-0.39, 0.29) is 16.8 Å². The molecule has 0 amide bonds. The first-order chi connectivity index (χ1) is 7.93. The summed E-state index contributed by atoms with van der Waals surface area (Å²) in [5, 5.41) is 0. The fourth-order valence-corrected chi connectivity index (χ4v) is 2.54. The molecule has 0 spiro atoms. The van der Waals surface area contributed by atoms with Gasteiger partial charge in [-0.1, -0.05) is 27.2 Å². The van der Waals surface area contributed by atoms with Gasteiger partial charge in [-0.25, -0.2) is 4.79 Å². The summed E-state index contributed by atoms with van der Waals surface area (Å²) in [4.78, 5) is 23.6. The lowest BCUT2D eigenvalue weighted by atomic mass is 9.75. The van der Waals surface area contributed by atoms with Gasteiger partial charge < -0.3 is 4.42 Å². The summed E-state index contributed by atoms with van der Waals surface area (Å²) in [6.45, 7) is 6.10. The van der Waals surface area contributed by atoms with Crippen LogP contribution in [0, 0.1) is 5.41 Å². The van der Waals surface area contributed by atoms with Crippen LogP contribution in [0.25, 0.3) is 0 Å². The largest absolute Gasteiger partial charge is 0.427 e. The van der Waals surface area contributed by atoms with Crippen molar-refractivity contribution >= 4 is 5.78 Å². The maximum atomic E-state index is 12.1. The molecule has 1 aromatic heterocycles. The molecule has 3 heteroatoms. The zero-order valence-corrected chi connectivity index (χ0v) is 10.6. The van der Waals surface area contributed by atoms with Crippen LogP contribution in [0.5, 0.6) is 0 Å². The molecule has 1 aliphatic carbocycles. The molecule has 0 unspecified atom stereocenters. The van der Waals surface area contributed by atoms with Gasteiger partial charge in [-0.15, -0.1) is 0 Å². The Bertz CT molecular complexity index is 509. The second kappa shape index (κ2) is 4.13. The van der Waals surface area contributed by atoms with Gasteiger partial charge >= 0.3 is 5.63 Å². The number of Topliss-reactive ketones (excluding diaryl/α,β-unsaturated/α-hetero) is 1. The minimum atomic E-state index is -0.335. The van der Waals surface area contributed by atoms with E-state index < -0.39 is 0 Å². The first kappa shape index (κ1) is 12.1. The maximum Gasteiger partial charge on any atom is 0.336 e. The quantitative estimate of drug-likeness (QED) is 0.790. The van der Waals surface area contributed by atoms with Crippen molar-refractivity contribution in [2.75, 3.05) is 0 Å². The molecule has 1 aromatic rings. The van der Waals surface area contributed by atoms with Crippen LogP contribution in [-0.2, 0) is 12.8 Å². The number of fused-ring (bicyclic) bond motifs is 1. The number of hydrogen-bond donors (Lipinski definition) is 0. The Labute approximate surface area is 101 Å². The van der Waals surface area contributed by atoms with Gasteiger partial charge in [0.15, 0.2) is 5.78 Å². The highest BCUT2D eigenvalue weighted by atomic mass is 16.4. The van der Waals surface area contributed by atoms with Gasteiger partial charge in [0.25, 0.3) is 0 Å². The highest BCUT2D eigenvalue weighted by Crippen LogP contribution is 2.35. The number of carbonyl (C=O) groups excluding carboxylic acids is 1. The monoisotopic (exact) mass is 234 g/mol. The van der Waals surface area contributed by atoms with Crippen LogP contribution in [0.15, 0.2) is 15.3 Å². The molecular weight excluding hydrogens is 216 g/mol. The Hall–Kier alpha value is -1.38. The van der Waals surface area contributed by atoms with E-state index in [4.69, 9.17) is 4.42 Å². The van der Waals surface area contributed by atoms with E-state index in [1.807, 2.05) is 20.8 Å². The van der Waals surface area contributed by atoms with Crippen molar-refractivity contribution in [3.05, 3.63) is 33.4 Å². The molecule has 0 bridgehead atoms. The second-order valence-electron chi connectivity index (χ2n) is 5.58. The Morgan fingerprint density at radius 3 is 2.65 bits per heavy atom. The average molecular weight is 234 g/mol. The van der Waals surface area contributed by atoms with Crippen molar-refractivity contribution in [2.24, 2.45) is 5.41 Å². The molecule has 17 heavy (non-hydrogen) atoms. The molecule has 0 fully saturated rings. The molecule has 92 valence electrons. The molecule has 2 rings (SSSR count). The van der Waals surface area contributed by atoms with E-state index in [0.717, 1.165) is 18.4 Å². The number of rotatable bonds is 2. The minimum absolute atomic E-state index is 0.106. The lowest BCUT2D eigenvalue weighted by Crippen LogP contribution is -2.29. The van der Waals surface area contributed by atoms with Crippen molar-refractivity contribution in [3.8, 4) is 0 Å². The molecule has 0 atom stereocenters. The summed E-state index contributed by atoms with van der Waals surface area (Å²) >= 11 is 0. The summed E-state index contributed by atoms with van der Waals surface area (Å²) in [5.41, 5.74) is 1.09. The van der Waals surface area contributed by atoms with E-state index in [0.29, 0.717) is 24.2 Å². The van der Waals surface area contributed by atoms with E-state index in [2.05, 4.69) is 0 Å². The first-order valence-electron chi connectivity index (χ1n) is 6.12. The highest BCUT2D eigenvalue weighted by molar-refractivity contribution is 5.99. The van der Waals surface area contributed by atoms with Gasteiger partial charge in [-0.3, -0.25) is 4.79 Å². The van der Waals surface area contributed by atoms with Crippen LogP contribution < -0.4 is 5.63 Å². The van der Waals surface area contributed by atoms with Crippen molar-refractivity contribution < 1.29 is 9.21 Å². The zero-order valence-electron chi connectivity index (χ0n) is 10.6. The number of hydrogen-bond acceptors (Lipinski definition) is 3. The van der Waals surface area contributed by atoms with Gasteiger partial charge in [-0.2, -0.15) is 0 Å². The lowest BCUT2D eigenvalue weighted by Gasteiger charge is -2.29. The van der Waals surface area contributed by atoms with Gasteiger partial charge in [0.2, 0.25) is 0 Å². The van der Waals surface area contributed by atoms with Crippen LogP contribution in [0.1, 0.15) is 55.3 Å². The number of ketones is 1. The topological polar surface area (TPSA) is 47.3 Å². The first-order valence-corrected chi connectivity index (χ1v) is 6.12. The zero-order chi connectivity index (χ0) is 12.6. The van der Waals surface area contributed by atoms with E-state index in [9.17, 15) is 9.59 Å². The van der Waals surface area contributed by atoms with Crippen LogP contribution in [0.2, 0.25) is 0 Å². The summed E-state index contributed by atoms with van der Waals surface area (Å²) < 4.78 is 5.22.